The molecule has 2 aliphatic heterocycles. The van der Waals surface area contributed by atoms with Crippen LogP contribution in [0.1, 0.15) is 0 Å². The first kappa shape index (κ1) is 6.88. The SMILES string of the molecule is Clc1nc(Cl)c2nccc-2[nH]1. The van der Waals surface area contributed by atoms with Crippen molar-refractivity contribution >= 4 is 23.2 Å². The lowest BCUT2D eigenvalue weighted by molar-refractivity contribution is 1.15. The van der Waals surface area contributed by atoms with E-state index in [-0.39, 0.29) is 5.28 Å². The van der Waals surface area contributed by atoms with Crippen LogP contribution in [0.4, 0.5) is 0 Å². The molecule has 0 radical (unpaired) electrons. The first-order valence-corrected chi connectivity index (χ1v) is 3.68. The molecule has 0 aromatic rings. The van der Waals surface area contributed by atoms with E-state index in [4.69, 9.17) is 23.2 Å². The largest absolute Gasteiger partial charge is 0.328 e. The highest BCUT2D eigenvalue weighted by molar-refractivity contribution is 6.33. The molecular formula is C6H3Cl2N3. The van der Waals surface area contributed by atoms with Crippen LogP contribution in [0.25, 0.3) is 11.4 Å². The zero-order valence-corrected chi connectivity index (χ0v) is 6.82. The molecule has 3 nitrogen and oxygen atoms in total. The van der Waals surface area contributed by atoms with Gasteiger partial charge in [0.05, 0.1) is 5.69 Å². The van der Waals surface area contributed by atoms with Crippen molar-refractivity contribution in [3.63, 3.8) is 0 Å². The molecule has 0 aromatic heterocycles. The van der Waals surface area contributed by atoms with Crippen LogP contribution in [-0.4, -0.2) is 15.0 Å². The van der Waals surface area contributed by atoms with Crippen LogP contribution >= 0.6 is 23.2 Å². The van der Waals surface area contributed by atoms with Crippen molar-refractivity contribution in [3.05, 3.63) is 22.7 Å². The number of halogens is 2. The molecule has 2 aliphatic rings. The lowest BCUT2D eigenvalue weighted by Crippen LogP contribution is -1.89. The number of rotatable bonds is 0. The summed E-state index contributed by atoms with van der Waals surface area (Å²) >= 11 is 11.3. The van der Waals surface area contributed by atoms with Gasteiger partial charge in [-0.3, -0.25) is 4.98 Å². The number of hydrogen-bond donors (Lipinski definition) is 1. The van der Waals surface area contributed by atoms with E-state index in [0.717, 1.165) is 5.69 Å². The minimum absolute atomic E-state index is 0.274. The van der Waals surface area contributed by atoms with Gasteiger partial charge in [-0.2, -0.15) is 0 Å². The molecule has 1 N–H and O–H groups in total. The van der Waals surface area contributed by atoms with Crippen LogP contribution in [0.5, 0.6) is 0 Å². The molecule has 0 amide bonds. The highest BCUT2D eigenvalue weighted by Gasteiger charge is 2.10. The second-order valence-corrected chi connectivity index (χ2v) is 2.74. The van der Waals surface area contributed by atoms with Gasteiger partial charge < -0.3 is 4.98 Å². The minimum atomic E-state index is 0.274. The third kappa shape index (κ3) is 1.06. The van der Waals surface area contributed by atoms with Crippen molar-refractivity contribution in [3.8, 4) is 11.4 Å². The molecule has 0 saturated carbocycles. The summed E-state index contributed by atoms with van der Waals surface area (Å²) in [5.41, 5.74) is 1.45. The molecule has 0 aromatic carbocycles. The van der Waals surface area contributed by atoms with Crippen LogP contribution in [0.2, 0.25) is 10.4 Å². The van der Waals surface area contributed by atoms with Gasteiger partial charge >= 0.3 is 0 Å². The van der Waals surface area contributed by atoms with Crippen LogP contribution in [-0.2, 0) is 0 Å². The van der Waals surface area contributed by atoms with Crippen LogP contribution in [0.15, 0.2) is 12.3 Å². The van der Waals surface area contributed by atoms with Crippen molar-refractivity contribution in [1.29, 1.82) is 0 Å². The monoisotopic (exact) mass is 187 g/mol. The maximum absolute atomic E-state index is 5.73. The molecule has 2 rings (SSSR count). The summed E-state index contributed by atoms with van der Waals surface area (Å²) in [5.74, 6) is 0. The number of aromatic amines is 1. The quantitative estimate of drug-likeness (QED) is 0.508. The summed E-state index contributed by atoms with van der Waals surface area (Å²) in [4.78, 5) is 10.6. The van der Waals surface area contributed by atoms with Gasteiger partial charge in [-0.15, -0.1) is 0 Å². The van der Waals surface area contributed by atoms with Crippen molar-refractivity contribution in [2.45, 2.75) is 0 Å². The summed E-state index contributed by atoms with van der Waals surface area (Å²) in [6, 6.07) is 1.79. The van der Waals surface area contributed by atoms with Crippen molar-refractivity contribution in [2.24, 2.45) is 0 Å². The second kappa shape index (κ2) is 2.36. The number of hydrogen-bond acceptors (Lipinski definition) is 2. The van der Waals surface area contributed by atoms with Gasteiger partial charge in [0.2, 0.25) is 5.28 Å². The molecule has 0 saturated heterocycles. The average molecular weight is 188 g/mol. The predicted octanol–water partition coefficient (Wildman–Crippen LogP) is 2.22. The van der Waals surface area contributed by atoms with E-state index in [1.54, 1.807) is 12.3 Å². The summed E-state index contributed by atoms with van der Waals surface area (Å²) in [6.07, 6.45) is 1.64. The fourth-order valence-electron chi connectivity index (χ4n) is 0.878. The summed E-state index contributed by atoms with van der Waals surface area (Å²) < 4.78 is 0. The fraction of sp³-hybridized carbons (Fsp3) is 0. The Labute approximate surface area is 72.7 Å². The Hall–Kier alpha value is -0.800. The Morgan fingerprint density at radius 1 is 1.36 bits per heavy atom. The summed E-state index contributed by atoms with van der Waals surface area (Å²) in [7, 11) is 0. The third-order valence-electron chi connectivity index (χ3n) is 1.33. The first-order valence-electron chi connectivity index (χ1n) is 2.93. The molecule has 5 heteroatoms. The number of fused-ring (bicyclic) bond motifs is 1. The maximum atomic E-state index is 5.73. The Kier molecular flexibility index (Phi) is 1.47. The highest BCUT2D eigenvalue weighted by atomic mass is 35.5. The van der Waals surface area contributed by atoms with E-state index in [2.05, 4.69) is 15.0 Å². The van der Waals surface area contributed by atoms with E-state index < -0.39 is 0 Å². The van der Waals surface area contributed by atoms with E-state index in [9.17, 15) is 0 Å². The van der Waals surface area contributed by atoms with E-state index in [1.807, 2.05) is 0 Å². The first-order chi connectivity index (χ1) is 5.27. The molecular weight excluding hydrogens is 185 g/mol. The van der Waals surface area contributed by atoms with Gasteiger partial charge in [0.25, 0.3) is 0 Å². The highest BCUT2D eigenvalue weighted by Crippen LogP contribution is 2.25. The van der Waals surface area contributed by atoms with Crippen molar-refractivity contribution in [2.75, 3.05) is 0 Å². The van der Waals surface area contributed by atoms with Gasteiger partial charge in [0, 0.05) is 6.20 Å². The molecule has 0 unspecified atom stereocenters. The maximum Gasteiger partial charge on any atom is 0.201 e. The van der Waals surface area contributed by atoms with Crippen LogP contribution in [0, 0.1) is 0 Å². The average Bonchev–Trinajstić information content (AvgIpc) is 2.34. The molecule has 0 atom stereocenters. The minimum Gasteiger partial charge on any atom is -0.328 e. The molecule has 11 heavy (non-hydrogen) atoms. The molecule has 0 aliphatic carbocycles. The fourth-order valence-corrected chi connectivity index (χ4v) is 1.34. The van der Waals surface area contributed by atoms with E-state index >= 15 is 0 Å². The Balaban J connectivity index is 2.79. The Morgan fingerprint density at radius 2 is 2.18 bits per heavy atom. The van der Waals surface area contributed by atoms with Gasteiger partial charge in [-0.1, -0.05) is 11.6 Å². The smallest absolute Gasteiger partial charge is 0.201 e. The lowest BCUT2D eigenvalue weighted by Gasteiger charge is -1.99. The van der Waals surface area contributed by atoms with Gasteiger partial charge in [0.1, 0.15) is 5.69 Å². The molecule has 0 bridgehead atoms. The zero-order valence-electron chi connectivity index (χ0n) is 5.31. The number of aromatic nitrogens is 3. The van der Waals surface area contributed by atoms with Gasteiger partial charge in [-0.25, -0.2) is 4.98 Å². The topological polar surface area (TPSA) is 41.6 Å². The van der Waals surface area contributed by atoms with Crippen LogP contribution in [0.3, 0.4) is 0 Å². The number of nitrogens with zero attached hydrogens (tertiary/aromatic N) is 2. The van der Waals surface area contributed by atoms with Crippen LogP contribution < -0.4 is 0 Å². The normalized spacial score (nSPS) is 10.7. The van der Waals surface area contributed by atoms with Crippen molar-refractivity contribution < 1.29 is 0 Å². The Bertz CT molecular complexity index is 357. The second-order valence-electron chi connectivity index (χ2n) is 2.03. The van der Waals surface area contributed by atoms with E-state index in [1.165, 1.54) is 0 Å². The van der Waals surface area contributed by atoms with Crippen molar-refractivity contribution in [1.82, 2.24) is 15.0 Å². The van der Waals surface area contributed by atoms with Gasteiger partial charge in [-0.05, 0) is 17.7 Å². The molecule has 0 fully saturated rings. The number of H-pyrrole nitrogens is 1. The predicted molar refractivity (Wildman–Crippen MR) is 43.0 cm³/mol. The lowest BCUT2D eigenvalue weighted by atomic mass is 10.3. The van der Waals surface area contributed by atoms with Gasteiger partial charge in [0.15, 0.2) is 5.15 Å². The number of nitrogens with one attached hydrogen (secondary N) is 1. The molecule has 0 spiro atoms. The summed E-state index contributed by atoms with van der Waals surface area (Å²) in [6.45, 7) is 0. The zero-order chi connectivity index (χ0) is 7.84. The summed E-state index contributed by atoms with van der Waals surface area (Å²) in [5, 5.41) is 0.601. The van der Waals surface area contributed by atoms with E-state index in [0.29, 0.717) is 10.8 Å². The molecule has 2 heterocycles. The Morgan fingerprint density at radius 3 is 3.00 bits per heavy atom. The molecule has 56 valence electrons. The third-order valence-corrected chi connectivity index (χ3v) is 1.77. The standard InChI is InChI=1S/C6H3Cl2N3/c7-5-4-3(1-2-9-4)10-6(8)11-5/h1-2H,(H,10,11).